The van der Waals surface area contributed by atoms with Gasteiger partial charge in [-0.3, -0.25) is 4.79 Å². The predicted molar refractivity (Wildman–Crippen MR) is 55.1 cm³/mol. The van der Waals surface area contributed by atoms with Gasteiger partial charge in [0.15, 0.2) is 0 Å². The van der Waals surface area contributed by atoms with Crippen molar-refractivity contribution in [3.8, 4) is 0 Å². The Morgan fingerprint density at radius 3 is 2.64 bits per heavy atom. The van der Waals surface area contributed by atoms with Gasteiger partial charge >= 0.3 is 0 Å². The quantitative estimate of drug-likeness (QED) is 0.640. The van der Waals surface area contributed by atoms with Gasteiger partial charge in [-0.1, -0.05) is 0 Å². The van der Waals surface area contributed by atoms with Gasteiger partial charge < -0.3 is 15.1 Å². The number of amides is 1. The fourth-order valence-electron chi connectivity index (χ4n) is 2.27. The van der Waals surface area contributed by atoms with E-state index in [0.29, 0.717) is 5.91 Å². The van der Waals surface area contributed by atoms with Gasteiger partial charge in [-0.05, 0) is 6.42 Å². The van der Waals surface area contributed by atoms with E-state index in [9.17, 15) is 4.79 Å². The van der Waals surface area contributed by atoms with E-state index in [1.807, 2.05) is 11.9 Å². The first kappa shape index (κ1) is 9.93. The largest absolute Gasteiger partial charge is 0.345 e. The molecule has 2 fully saturated rings. The molecule has 0 aromatic heterocycles. The van der Waals surface area contributed by atoms with Crippen LogP contribution in [0.2, 0.25) is 0 Å². The van der Waals surface area contributed by atoms with E-state index in [2.05, 4.69) is 10.2 Å². The second-order valence-corrected chi connectivity index (χ2v) is 4.30. The van der Waals surface area contributed by atoms with Crippen LogP contribution in [-0.2, 0) is 4.79 Å². The van der Waals surface area contributed by atoms with E-state index < -0.39 is 0 Å². The molecule has 0 spiro atoms. The van der Waals surface area contributed by atoms with E-state index in [1.165, 1.54) is 0 Å². The molecule has 2 rings (SSSR count). The van der Waals surface area contributed by atoms with Crippen molar-refractivity contribution in [3.05, 3.63) is 0 Å². The summed E-state index contributed by atoms with van der Waals surface area (Å²) in [6.45, 7) is 6.22. The highest BCUT2D eigenvalue weighted by molar-refractivity contribution is 5.80. The van der Waals surface area contributed by atoms with Crippen molar-refractivity contribution in [3.63, 3.8) is 0 Å². The number of carbonyl (C=O) groups excluding carboxylic acids is 1. The van der Waals surface area contributed by atoms with E-state index in [-0.39, 0.29) is 5.92 Å². The molecule has 14 heavy (non-hydrogen) atoms. The van der Waals surface area contributed by atoms with Crippen molar-refractivity contribution in [2.24, 2.45) is 5.92 Å². The number of nitrogens with zero attached hydrogens (tertiary/aromatic N) is 2. The first-order valence-corrected chi connectivity index (χ1v) is 5.45. The van der Waals surface area contributed by atoms with Crippen LogP contribution in [0.4, 0.5) is 0 Å². The normalized spacial score (nSPS) is 29.9. The third-order valence-electron chi connectivity index (χ3n) is 3.23. The number of piperazine rings is 1. The minimum atomic E-state index is 0.262. The Kier molecular flexibility index (Phi) is 3.03. The van der Waals surface area contributed by atoms with Crippen molar-refractivity contribution < 1.29 is 4.79 Å². The first-order chi connectivity index (χ1) is 6.77. The summed E-state index contributed by atoms with van der Waals surface area (Å²) in [5.74, 6) is 0.599. The molecular weight excluding hydrogens is 178 g/mol. The Bertz CT molecular complexity index is 213. The van der Waals surface area contributed by atoms with E-state index >= 15 is 0 Å². The van der Waals surface area contributed by atoms with Crippen molar-refractivity contribution >= 4 is 5.91 Å². The summed E-state index contributed by atoms with van der Waals surface area (Å²) in [6.07, 6.45) is 1.04. The van der Waals surface area contributed by atoms with Crippen molar-refractivity contribution in [1.82, 2.24) is 15.1 Å². The number of likely N-dealkylation sites (tertiary alicyclic amines) is 1. The lowest BCUT2D eigenvalue weighted by Gasteiger charge is -2.28. The lowest BCUT2D eigenvalue weighted by atomic mass is 10.1. The number of rotatable bonds is 2. The highest BCUT2D eigenvalue weighted by Gasteiger charge is 2.30. The number of carbonyl (C=O) groups is 1. The fraction of sp³-hybridized carbons (Fsp3) is 0.900. The van der Waals surface area contributed by atoms with Gasteiger partial charge in [-0.15, -0.1) is 0 Å². The number of hydrogen-bond acceptors (Lipinski definition) is 3. The van der Waals surface area contributed by atoms with E-state index in [4.69, 9.17) is 0 Å². The summed E-state index contributed by atoms with van der Waals surface area (Å²) >= 11 is 0. The zero-order chi connectivity index (χ0) is 9.97. The molecule has 0 aromatic carbocycles. The molecule has 1 unspecified atom stereocenters. The molecule has 2 saturated heterocycles. The molecule has 4 nitrogen and oxygen atoms in total. The third-order valence-corrected chi connectivity index (χ3v) is 3.23. The summed E-state index contributed by atoms with van der Waals surface area (Å²) in [5.41, 5.74) is 0. The summed E-state index contributed by atoms with van der Waals surface area (Å²) in [4.78, 5) is 15.9. The summed E-state index contributed by atoms with van der Waals surface area (Å²) < 4.78 is 0. The maximum absolute atomic E-state index is 11.7. The Morgan fingerprint density at radius 2 is 2.07 bits per heavy atom. The molecule has 80 valence electrons. The predicted octanol–water partition coefficient (Wildman–Crippen LogP) is -0.630. The Labute approximate surface area is 85.2 Å². The van der Waals surface area contributed by atoms with Gasteiger partial charge in [0.1, 0.15) is 0 Å². The Hall–Kier alpha value is -0.610. The lowest BCUT2D eigenvalue weighted by Crippen LogP contribution is -2.46. The molecule has 1 atom stereocenters. The molecule has 2 aliphatic heterocycles. The maximum Gasteiger partial charge on any atom is 0.226 e. The van der Waals surface area contributed by atoms with Crippen LogP contribution in [0.25, 0.3) is 0 Å². The van der Waals surface area contributed by atoms with Gasteiger partial charge in [0.2, 0.25) is 5.91 Å². The molecule has 0 aliphatic carbocycles. The zero-order valence-corrected chi connectivity index (χ0v) is 8.83. The van der Waals surface area contributed by atoms with Crippen LogP contribution in [0.3, 0.4) is 0 Å². The molecule has 0 aromatic rings. The fourth-order valence-corrected chi connectivity index (χ4v) is 2.27. The number of nitrogens with one attached hydrogen (secondary N) is 1. The molecule has 1 amide bonds. The monoisotopic (exact) mass is 197 g/mol. The molecule has 2 aliphatic rings. The topological polar surface area (TPSA) is 35.6 Å². The van der Waals surface area contributed by atoms with Crippen molar-refractivity contribution in [2.75, 3.05) is 46.3 Å². The number of hydrogen-bond donors (Lipinski definition) is 1. The Morgan fingerprint density at radius 1 is 1.36 bits per heavy atom. The second-order valence-electron chi connectivity index (χ2n) is 4.30. The van der Waals surface area contributed by atoms with Gasteiger partial charge in [0.25, 0.3) is 0 Å². The standard InChI is InChI=1S/C10H19N3O/c1-12-5-2-9(10(12)14)8-13-6-3-11-4-7-13/h9,11H,2-8H2,1H3. The Balaban J connectivity index is 1.82. The first-order valence-electron chi connectivity index (χ1n) is 5.45. The van der Waals surface area contributed by atoms with Crippen LogP contribution in [0.15, 0.2) is 0 Å². The van der Waals surface area contributed by atoms with Gasteiger partial charge in [0.05, 0.1) is 5.92 Å². The van der Waals surface area contributed by atoms with Crippen molar-refractivity contribution in [1.29, 1.82) is 0 Å². The maximum atomic E-state index is 11.7. The van der Waals surface area contributed by atoms with Crippen LogP contribution in [-0.4, -0.2) is 62.0 Å². The second kappa shape index (κ2) is 4.28. The highest BCUT2D eigenvalue weighted by Crippen LogP contribution is 2.17. The molecule has 4 heteroatoms. The van der Waals surface area contributed by atoms with Crippen LogP contribution in [0.5, 0.6) is 0 Å². The van der Waals surface area contributed by atoms with Crippen LogP contribution in [0, 0.1) is 5.92 Å². The van der Waals surface area contributed by atoms with Crippen LogP contribution < -0.4 is 5.32 Å². The van der Waals surface area contributed by atoms with Gasteiger partial charge in [-0.2, -0.15) is 0 Å². The van der Waals surface area contributed by atoms with Crippen LogP contribution in [0.1, 0.15) is 6.42 Å². The average Bonchev–Trinajstić information content (AvgIpc) is 2.52. The van der Waals surface area contributed by atoms with E-state index in [0.717, 1.165) is 45.7 Å². The van der Waals surface area contributed by atoms with E-state index in [1.54, 1.807) is 0 Å². The summed E-state index contributed by atoms with van der Waals surface area (Å²) in [5, 5.41) is 3.32. The van der Waals surface area contributed by atoms with Crippen molar-refractivity contribution in [2.45, 2.75) is 6.42 Å². The molecule has 2 heterocycles. The zero-order valence-electron chi connectivity index (χ0n) is 8.83. The third kappa shape index (κ3) is 2.07. The minimum absolute atomic E-state index is 0.262. The molecule has 0 saturated carbocycles. The molecule has 0 radical (unpaired) electrons. The minimum Gasteiger partial charge on any atom is -0.345 e. The van der Waals surface area contributed by atoms with Gasteiger partial charge in [0, 0.05) is 46.3 Å². The van der Waals surface area contributed by atoms with Crippen LogP contribution >= 0.6 is 0 Å². The molecule has 0 bridgehead atoms. The smallest absolute Gasteiger partial charge is 0.226 e. The SMILES string of the molecule is CN1CCC(CN2CCNCC2)C1=O. The van der Waals surface area contributed by atoms with Gasteiger partial charge in [-0.25, -0.2) is 0 Å². The summed E-state index contributed by atoms with van der Waals surface area (Å²) in [6, 6.07) is 0. The molecule has 1 N–H and O–H groups in total. The molecular formula is C10H19N3O. The highest BCUT2D eigenvalue weighted by atomic mass is 16.2. The lowest BCUT2D eigenvalue weighted by molar-refractivity contribution is -0.130. The summed E-state index contributed by atoms with van der Waals surface area (Å²) in [7, 11) is 1.90. The average molecular weight is 197 g/mol.